The number of likely N-dealkylation sites (N-methyl/N-ethyl adjacent to an activating group) is 1. The maximum absolute atomic E-state index is 11.7. The number of nitrogens with zero attached hydrogens (tertiary/aromatic N) is 2. The molecule has 0 unspecified atom stereocenters. The molecule has 0 saturated heterocycles. The van der Waals surface area contributed by atoms with Crippen LogP contribution < -0.4 is 5.32 Å². The summed E-state index contributed by atoms with van der Waals surface area (Å²) in [7, 11) is 0. The Morgan fingerprint density at radius 1 is 1.28 bits per heavy atom. The average Bonchev–Trinajstić information content (AvgIpc) is 2.38. The lowest BCUT2D eigenvalue weighted by atomic mass is 10.1. The molecule has 1 N–H and O–H groups in total. The van der Waals surface area contributed by atoms with E-state index in [1.165, 1.54) is 0 Å². The quantitative estimate of drug-likeness (QED) is 0.834. The van der Waals surface area contributed by atoms with Gasteiger partial charge in [-0.1, -0.05) is 26.0 Å². The molecule has 1 aromatic rings. The molecule has 0 bridgehead atoms. The summed E-state index contributed by atoms with van der Waals surface area (Å²) in [5.74, 6) is -0.00765. The second-order valence-electron chi connectivity index (χ2n) is 4.04. The monoisotopic (exact) mass is 245 g/mol. The Morgan fingerprint density at radius 3 is 2.39 bits per heavy atom. The summed E-state index contributed by atoms with van der Waals surface area (Å²) in [5.41, 5.74) is 1.73. The van der Waals surface area contributed by atoms with Crippen LogP contribution in [0.25, 0.3) is 0 Å². The van der Waals surface area contributed by atoms with Gasteiger partial charge in [-0.15, -0.1) is 0 Å². The van der Waals surface area contributed by atoms with Gasteiger partial charge in [-0.05, 0) is 30.8 Å². The number of amides is 1. The first-order valence-corrected chi connectivity index (χ1v) is 6.17. The summed E-state index contributed by atoms with van der Waals surface area (Å²) in [6.07, 6.45) is 0.397. The third kappa shape index (κ3) is 4.56. The van der Waals surface area contributed by atoms with E-state index in [4.69, 9.17) is 5.26 Å². The lowest BCUT2D eigenvalue weighted by molar-refractivity contribution is -0.117. The van der Waals surface area contributed by atoms with Crippen LogP contribution in [0.2, 0.25) is 0 Å². The molecule has 1 aromatic carbocycles. The number of carbonyl (C=O) groups is 1. The highest BCUT2D eigenvalue weighted by Crippen LogP contribution is 2.09. The molecule has 0 aliphatic rings. The molecule has 0 saturated carbocycles. The first-order chi connectivity index (χ1) is 8.69. The van der Waals surface area contributed by atoms with Gasteiger partial charge in [-0.3, -0.25) is 9.69 Å². The zero-order chi connectivity index (χ0) is 13.4. The van der Waals surface area contributed by atoms with Crippen LogP contribution >= 0.6 is 0 Å². The lowest BCUT2D eigenvalue weighted by Gasteiger charge is -2.17. The highest BCUT2D eigenvalue weighted by atomic mass is 16.2. The summed E-state index contributed by atoms with van der Waals surface area (Å²) >= 11 is 0. The smallest absolute Gasteiger partial charge is 0.238 e. The van der Waals surface area contributed by atoms with Gasteiger partial charge in [0, 0.05) is 5.69 Å². The van der Waals surface area contributed by atoms with Crippen molar-refractivity contribution in [1.29, 1.82) is 5.26 Å². The average molecular weight is 245 g/mol. The minimum atomic E-state index is -0.00765. The predicted molar refractivity (Wildman–Crippen MR) is 72.2 cm³/mol. The van der Waals surface area contributed by atoms with Crippen LogP contribution in [0.1, 0.15) is 19.4 Å². The number of nitriles is 1. The molecule has 0 radical (unpaired) electrons. The maximum Gasteiger partial charge on any atom is 0.238 e. The molecule has 96 valence electrons. The van der Waals surface area contributed by atoms with Gasteiger partial charge >= 0.3 is 0 Å². The van der Waals surface area contributed by atoms with Crippen LogP contribution in [0.5, 0.6) is 0 Å². The number of carbonyl (C=O) groups excluding carboxylic acids is 1. The normalized spacial score (nSPS) is 10.1. The van der Waals surface area contributed by atoms with E-state index in [9.17, 15) is 4.79 Å². The van der Waals surface area contributed by atoms with Gasteiger partial charge in [0.1, 0.15) is 0 Å². The van der Waals surface area contributed by atoms with Gasteiger partial charge in [0.2, 0.25) is 5.91 Å². The van der Waals surface area contributed by atoms with E-state index < -0.39 is 0 Å². The standard InChI is InChI=1S/C14H19N3O/c1-3-17(4-2)11-14(18)16-13-7-5-12(6-8-13)9-10-15/h5-8H,3-4,9,11H2,1-2H3,(H,16,18). The van der Waals surface area contributed by atoms with E-state index >= 15 is 0 Å². The summed E-state index contributed by atoms with van der Waals surface area (Å²) in [6.45, 7) is 6.21. The third-order valence-electron chi connectivity index (χ3n) is 2.78. The molecule has 0 aromatic heterocycles. The highest BCUT2D eigenvalue weighted by Gasteiger charge is 2.07. The Balaban J connectivity index is 2.52. The van der Waals surface area contributed by atoms with E-state index in [1.54, 1.807) is 0 Å². The molecule has 0 aliphatic carbocycles. The maximum atomic E-state index is 11.7. The van der Waals surface area contributed by atoms with E-state index in [1.807, 2.05) is 38.1 Å². The number of benzene rings is 1. The highest BCUT2D eigenvalue weighted by molar-refractivity contribution is 5.92. The van der Waals surface area contributed by atoms with E-state index in [0.29, 0.717) is 13.0 Å². The molecule has 18 heavy (non-hydrogen) atoms. The van der Waals surface area contributed by atoms with E-state index in [0.717, 1.165) is 24.3 Å². The SMILES string of the molecule is CCN(CC)CC(=O)Nc1ccc(CC#N)cc1. The predicted octanol–water partition coefficient (Wildman–Crippen LogP) is 2.03. The minimum absolute atomic E-state index is 0.00765. The summed E-state index contributed by atoms with van der Waals surface area (Å²) in [6, 6.07) is 9.46. The van der Waals surface area contributed by atoms with Crippen molar-refractivity contribution >= 4 is 11.6 Å². The fraction of sp³-hybridized carbons (Fsp3) is 0.429. The number of anilines is 1. The fourth-order valence-corrected chi connectivity index (χ4v) is 1.65. The third-order valence-corrected chi connectivity index (χ3v) is 2.78. The fourth-order valence-electron chi connectivity index (χ4n) is 1.65. The first kappa shape index (κ1) is 14.2. The van der Waals surface area contributed by atoms with Crippen LogP contribution in [-0.4, -0.2) is 30.4 Å². The minimum Gasteiger partial charge on any atom is -0.325 e. The Kier molecular flexibility index (Phi) is 5.89. The molecule has 4 nitrogen and oxygen atoms in total. The van der Waals surface area contributed by atoms with Crippen molar-refractivity contribution in [2.45, 2.75) is 20.3 Å². The van der Waals surface area contributed by atoms with Crippen molar-refractivity contribution in [3.63, 3.8) is 0 Å². The molecule has 0 aliphatic heterocycles. The van der Waals surface area contributed by atoms with Gasteiger partial charge in [-0.25, -0.2) is 0 Å². The van der Waals surface area contributed by atoms with Crippen molar-refractivity contribution in [3.8, 4) is 6.07 Å². The van der Waals surface area contributed by atoms with Crippen molar-refractivity contribution in [2.75, 3.05) is 25.0 Å². The van der Waals surface area contributed by atoms with Crippen LogP contribution in [0, 0.1) is 11.3 Å². The van der Waals surface area contributed by atoms with Gasteiger partial charge in [0.05, 0.1) is 19.0 Å². The Labute approximate surface area is 108 Å². The van der Waals surface area contributed by atoms with Crippen molar-refractivity contribution < 1.29 is 4.79 Å². The summed E-state index contributed by atoms with van der Waals surface area (Å²) < 4.78 is 0. The summed E-state index contributed by atoms with van der Waals surface area (Å²) in [4.78, 5) is 13.8. The van der Waals surface area contributed by atoms with Crippen molar-refractivity contribution in [1.82, 2.24) is 4.90 Å². The molecule has 4 heteroatoms. The van der Waals surface area contributed by atoms with Gasteiger partial charge in [-0.2, -0.15) is 5.26 Å². The second kappa shape index (κ2) is 7.46. The van der Waals surface area contributed by atoms with Gasteiger partial charge in [0.25, 0.3) is 0 Å². The number of hydrogen-bond donors (Lipinski definition) is 1. The molecule has 1 amide bonds. The molecule has 0 fully saturated rings. The van der Waals surface area contributed by atoms with E-state index in [2.05, 4.69) is 16.3 Å². The Hall–Kier alpha value is -1.86. The number of nitrogens with one attached hydrogen (secondary N) is 1. The molecular formula is C14H19N3O. The molecule has 0 spiro atoms. The van der Waals surface area contributed by atoms with E-state index in [-0.39, 0.29) is 5.91 Å². The zero-order valence-electron chi connectivity index (χ0n) is 10.9. The Morgan fingerprint density at radius 2 is 1.89 bits per heavy atom. The number of hydrogen-bond acceptors (Lipinski definition) is 3. The van der Waals surface area contributed by atoms with Crippen LogP contribution in [0.4, 0.5) is 5.69 Å². The van der Waals surface area contributed by atoms with Crippen molar-refractivity contribution in [2.24, 2.45) is 0 Å². The first-order valence-electron chi connectivity index (χ1n) is 6.17. The summed E-state index contributed by atoms with van der Waals surface area (Å²) in [5, 5.41) is 11.4. The van der Waals surface area contributed by atoms with Gasteiger partial charge < -0.3 is 5.32 Å². The molecular weight excluding hydrogens is 226 g/mol. The van der Waals surface area contributed by atoms with Crippen LogP contribution in [0.15, 0.2) is 24.3 Å². The topological polar surface area (TPSA) is 56.1 Å². The lowest BCUT2D eigenvalue weighted by Crippen LogP contribution is -2.32. The van der Waals surface area contributed by atoms with Crippen molar-refractivity contribution in [3.05, 3.63) is 29.8 Å². The Bertz CT molecular complexity index is 416. The van der Waals surface area contributed by atoms with Crippen LogP contribution in [-0.2, 0) is 11.2 Å². The van der Waals surface area contributed by atoms with Crippen LogP contribution in [0.3, 0.4) is 0 Å². The largest absolute Gasteiger partial charge is 0.325 e. The molecule has 0 atom stereocenters. The second-order valence-corrected chi connectivity index (χ2v) is 4.04. The zero-order valence-corrected chi connectivity index (χ0v) is 10.9. The van der Waals surface area contributed by atoms with Gasteiger partial charge in [0.15, 0.2) is 0 Å². The molecule has 0 heterocycles. The molecule has 1 rings (SSSR count). The number of rotatable bonds is 6.